The molecule has 0 radical (unpaired) electrons. The first-order chi connectivity index (χ1) is 17.2. The Morgan fingerprint density at radius 3 is 2.56 bits per heavy atom. The monoisotopic (exact) mass is 498 g/mol. The molecule has 0 spiro atoms. The number of amides is 1. The average Bonchev–Trinajstić information content (AvgIpc) is 3.39. The maximum atomic E-state index is 14.6. The first-order valence-corrected chi connectivity index (χ1v) is 11.5. The minimum Gasteiger partial charge on any atom is -0.319 e. The van der Waals surface area contributed by atoms with E-state index in [1.807, 2.05) is 4.57 Å². The van der Waals surface area contributed by atoms with Crippen molar-refractivity contribution in [3.05, 3.63) is 77.1 Å². The van der Waals surface area contributed by atoms with Gasteiger partial charge in [-0.15, -0.1) is 10.2 Å². The summed E-state index contributed by atoms with van der Waals surface area (Å²) in [5.41, 5.74) is -0.726. The molecule has 1 amide bonds. The number of fused-ring (bicyclic) bond motifs is 1. The topological polar surface area (TPSA) is 77.6 Å². The van der Waals surface area contributed by atoms with E-state index in [1.54, 1.807) is 19.1 Å². The quantitative estimate of drug-likeness (QED) is 0.373. The van der Waals surface area contributed by atoms with E-state index >= 15 is 0 Å². The Kier molecular flexibility index (Phi) is 6.07. The van der Waals surface area contributed by atoms with Gasteiger partial charge in [-0.1, -0.05) is 24.1 Å². The number of hydrogen-bond acceptors (Lipinski definition) is 4. The molecule has 0 saturated carbocycles. The van der Waals surface area contributed by atoms with E-state index in [0.29, 0.717) is 22.6 Å². The standard InChI is InChI=1S/C25H22F4N6O/c1-15-6-9-17(10-7-15)35-22(25(27,28)29)18(14-30-35)24(36)31-20-13-16(8-11-19(20)26)23-33-32-21-5-3-2-4-12-34(21)23/h6-11,13-14H,2-5,12H2,1H3,(H,31,36). The fraction of sp³-hybridized carbons (Fsp3) is 0.280. The van der Waals surface area contributed by atoms with Gasteiger partial charge in [0.25, 0.3) is 5.91 Å². The molecule has 186 valence electrons. The van der Waals surface area contributed by atoms with Crippen LogP contribution in [-0.2, 0) is 19.1 Å². The third-order valence-corrected chi connectivity index (χ3v) is 6.14. The molecule has 4 aromatic rings. The molecule has 1 N–H and O–H groups in total. The number of alkyl halides is 3. The summed E-state index contributed by atoms with van der Waals surface area (Å²) in [6.07, 6.45) is -0.255. The van der Waals surface area contributed by atoms with Gasteiger partial charge in [-0.05, 0) is 50.1 Å². The van der Waals surface area contributed by atoms with Crippen molar-refractivity contribution in [2.75, 3.05) is 5.32 Å². The Labute approximate surface area is 203 Å². The molecule has 2 aromatic heterocycles. The Bertz CT molecular complexity index is 1420. The van der Waals surface area contributed by atoms with Crippen molar-refractivity contribution >= 4 is 11.6 Å². The minimum absolute atomic E-state index is 0.146. The van der Waals surface area contributed by atoms with Crippen LogP contribution in [0.1, 0.15) is 46.7 Å². The lowest BCUT2D eigenvalue weighted by atomic mass is 10.1. The first kappa shape index (κ1) is 23.7. The molecular weight excluding hydrogens is 476 g/mol. The number of aryl methyl sites for hydroxylation is 2. The molecule has 3 heterocycles. The summed E-state index contributed by atoms with van der Waals surface area (Å²) in [4.78, 5) is 12.9. The highest BCUT2D eigenvalue weighted by molar-refractivity contribution is 6.05. The van der Waals surface area contributed by atoms with E-state index < -0.39 is 29.2 Å². The molecule has 11 heteroatoms. The van der Waals surface area contributed by atoms with Gasteiger partial charge in [-0.25, -0.2) is 9.07 Å². The third-order valence-electron chi connectivity index (χ3n) is 6.14. The van der Waals surface area contributed by atoms with E-state index in [0.717, 1.165) is 49.3 Å². The molecule has 1 aliphatic heterocycles. The second kappa shape index (κ2) is 9.21. The van der Waals surface area contributed by atoms with Crippen molar-refractivity contribution in [1.29, 1.82) is 0 Å². The number of anilines is 1. The normalized spacial score (nSPS) is 13.8. The molecule has 0 saturated heterocycles. The lowest BCUT2D eigenvalue weighted by Crippen LogP contribution is -2.21. The van der Waals surface area contributed by atoms with Gasteiger partial charge in [0, 0.05) is 18.5 Å². The van der Waals surface area contributed by atoms with Gasteiger partial charge in [-0.2, -0.15) is 18.3 Å². The predicted octanol–water partition coefficient (Wildman–Crippen LogP) is 5.58. The van der Waals surface area contributed by atoms with Crippen molar-refractivity contribution in [3.63, 3.8) is 0 Å². The molecule has 5 rings (SSSR count). The molecule has 36 heavy (non-hydrogen) atoms. The SMILES string of the molecule is Cc1ccc(-n2ncc(C(=O)Nc3cc(-c4nnc5n4CCCCC5)ccc3F)c2C(F)(F)F)cc1. The Balaban J connectivity index is 1.48. The Hall–Kier alpha value is -4.02. The zero-order chi connectivity index (χ0) is 25.4. The number of benzene rings is 2. The minimum atomic E-state index is -4.88. The van der Waals surface area contributed by atoms with E-state index in [-0.39, 0.29) is 11.4 Å². The van der Waals surface area contributed by atoms with Crippen LogP contribution in [0.25, 0.3) is 17.1 Å². The average molecular weight is 498 g/mol. The molecule has 0 fully saturated rings. The van der Waals surface area contributed by atoms with Gasteiger partial charge in [-0.3, -0.25) is 4.79 Å². The zero-order valence-corrected chi connectivity index (χ0v) is 19.3. The summed E-state index contributed by atoms with van der Waals surface area (Å²) in [5.74, 6) is -0.569. The van der Waals surface area contributed by atoms with Crippen LogP contribution in [0.2, 0.25) is 0 Å². The number of aromatic nitrogens is 5. The summed E-state index contributed by atoms with van der Waals surface area (Å²) in [7, 11) is 0. The number of halogens is 4. The van der Waals surface area contributed by atoms with Gasteiger partial charge in [0.2, 0.25) is 0 Å². The number of nitrogens with zero attached hydrogens (tertiary/aromatic N) is 5. The molecule has 0 bridgehead atoms. The second-order valence-electron chi connectivity index (χ2n) is 8.70. The fourth-order valence-electron chi connectivity index (χ4n) is 4.32. The zero-order valence-electron chi connectivity index (χ0n) is 19.3. The maximum Gasteiger partial charge on any atom is 0.434 e. The molecular formula is C25H22F4N6O. The predicted molar refractivity (Wildman–Crippen MR) is 124 cm³/mol. The van der Waals surface area contributed by atoms with E-state index in [1.165, 1.54) is 24.3 Å². The molecule has 7 nitrogen and oxygen atoms in total. The third kappa shape index (κ3) is 4.48. The van der Waals surface area contributed by atoms with Crippen LogP contribution in [0, 0.1) is 12.7 Å². The van der Waals surface area contributed by atoms with Crippen LogP contribution in [0.15, 0.2) is 48.7 Å². The van der Waals surface area contributed by atoms with Crippen molar-refractivity contribution < 1.29 is 22.4 Å². The number of hydrogen-bond donors (Lipinski definition) is 1. The number of rotatable bonds is 4. The van der Waals surface area contributed by atoms with E-state index in [9.17, 15) is 22.4 Å². The maximum absolute atomic E-state index is 14.6. The summed E-state index contributed by atoms with van der Waals surface area (Å²) < 4.78 is 59.2. The van der Waals surface area contributed by atoms with Crippen molar-refractivity contribution in [2.24, 2.45) is 0 Å². The van der Waals surface area contributed by atoms with Gasteiger partial charge in [0.1, 0.15) is 11.6 Å². The van der Waals surface area contributed by atoms with Crippen LogP contribution < -0.4 is 5.32 Å². The molecule has 1 aliphatic rings. The number of carbonyl (C=O) groups is 1. The highest BCUT2D eigenvalue weighted by atomic mass is 19.4. The van der Waals surface area contributed by atoms with Crippen LogP contribution in [0.5, 0.6) is 0 Å². The molecule has 0 atom stereocenters. The Morgan fingerprint density at radius 1 is 1.03 bits per heavy atom. The second-order valence-corrected chi connectivity index (χ2v) is 8.70. The van der Waals surface area contributed by atoms with Gasteiger partial charge in [0.05, 0.1) is 23.1 Å². The lowest BCUT2D eigenvalue weighted by molar-refractivity contribution is -0.143. The highest BCUT2D eigenvalue weighted by Gasteiger charge is 2.40. The number of carbonyl (C=O) groups excluding carboxylic acids is 1. The van der Waals surface area contributed by atoms with Crippen LogP contribution in [0.3, 0.4) is 0 Å². The molecule has 2 aromatic carbocycles. The summed E-state index contributed by atoms with van der Waals surface area (Å²) in [6, 6.07) is 10.2. The van der Waals surface area contributed by atoms with Gasteiger partial charge < -0.3 is 9.88 Å². The van der Waals surface area contributed by atoms with E-state index in [2.05, 4.69) is 20.6 Å². The van der Waals surface area contributed by atoms with Gasteiger partial charge in [0.15, 0.2) is 11.5 Å². The fourth-order valence-corrected chi connectivity index (χ4v) is 4.32. The number of nitrogens with one attached hydrogen (secondary N) is 1. The summed E-state index contributed by atoms with van der Waals surface area (Å²) in [5, 5.41) is 14.5. The molecule has 0 unspecified atom stereocenters. The van der Waals surface area contributed by atoms with Crippen LogP contribution in [0.4, 0.5) is 23.2 Å². The van der Waals surface area contributed by atoms with Gasteiger partial charge >= 0.3 is 6.18 Å². The largest absolute Gasteiger partial charge is 0.434 e. The summed E-state index contributed by atoms with van der Waals surface area (Å²) >= 11 is 0. The lowest BCUT2D eigenvalue weighted by Gasteiger charge is -2.14. The smallest absolute Gasteiger partial charge is 0.319 e. The van der Waals surface area contributed by atoms with Crippen LogP contribution >= 0.6 is 0 Å². The highest BCUT2D eigenvalue weighted by Crippen LogP contribution is 2.34. The van der Waals surface area contributed by atoms with Crippen LogP contribution in [-0.4, -0.2) is 30.5 Å². The molecule has 0 aliphatic carbocycles. The summed E-state index contributed by atoms with van der Waals surface area (Å²) in [6.45, 7) is 2.51. The van der Waals surface area contributed by atoms with E-state index in [4.69, 9.17) is 0 Å². The first-order valence-electron chi connectivity index (χ1n) is 11.5. The Morgan fingerprint density at radius 2 is 1.81 bits per heavy atom. The van der Waals surface area contributed by atoms with Crippen molar-refractivity contribution in [2.45, 2.75) is 45.3 Å². The van der Waals surface area contributed by atoms with Crippen molar-refractivity contribution in [3.8, 4) is 17.1 Å². The van der Waals surface area contributed by atoms with Crippen molar-refractivity contribution in [1.82, 2.24) is 24.5 Å².